The molecule has 1 rings (SSSR count). The second-order valence-corrected chi connectivity index (χ2v) is 6.03. The summed E-state index contributed by atoms with van der Waals surface area (Å²) in [6.45, 7) is 10.5. The molecule has 4 nitrogen and oxygen atoms in total. The number of rotatable bonds is 6. The van der Waals surface area contributed by atoms with Crippen LogP contribution in [0.5, 0.6) is 0 Å². The van der Waals surface area contributed by atoms with Gasteiger partial charge in [0.2, 0.25) is 5.91 Å². The van der Waals surface area contributed by atoms with Crippen LogP contribution < -0.4 is 10.6 Å². The zero-order valence-corrected chi connectivity index (χ0v) is 13.2. The maximum Gasteiger partial charge on any atom is 0.237 e. The maximum absolute atomic E-state index is 12.2. The molecule has 0 aromatic rings. The Labute approximate surface area is 118 Å². The van der Waals surface area contributed by atoms with Gasteiger partial charge in [-0.1, -0.05) is 20.3 Å². The molecule has 1 aliphatic heterocycles. The number of carbonyl (C=O) groups excluding carboxylic acids is 1. The van der Waals surface area contributed by atoms with E-state index in [-0.39, 0.29) is 18.0 Å². The van der Waals surface area contributed by atoms with Gasteiger partial charge < -0.3 is 10.6 Å². The van der Waals surface area contributed by atoms with Gasteiger partial charge in [0.05, 0.1) is 6.04 Å². The van der Waals surface area contributed by atoms with Gasteiger partial charge in [0.1, 0.15) is 0 Å². The summed E-state index contributed by atoms with van der Waals surface area (Å²) in [6, 6.07) is 0.859. The van der Waals surface area contributed by atoms with Gasteiger partial charge in [-0.3, -0.25) is 9.69 Å². The third-order valence-electron chi connectivity index (χ3n) is 4.34. The topological polar surface area (TPSA) is 44.4 Å². The van der Waals surface area contributed by atoms with E-state index in [1.165, 1.54) is 0 Å². The first-order chi connectivity index (χ1) is 8.99. The van der Waals surface area contributed by atoms with Gasteiger partial charge >= 0.3 is 0 Å². The van der Waals surface area contributed by atoms with E-state index in [9.17, 15) is 4.79 Å². The maximum atomic E-state index is 12.2. The average molecular weight is 269 g/mol. The van der Waals surface area contributed by atoms with Crippen molar-refractivity contribution < 1.29 is 4.79 Å². The third-order valence-corrected chi connectivity index (χ3v) is 4.34. The van der Waals surface area contributed by atoms with Crippen molar-refractivity contribution in [1.82, 2.24) is 15.5 Å². The first kappa shape index (κ1) is 16.4. The predicted molar refractivity (Wildman–Crippen MR) is 80.2 cm³/mol. The van der Waals surface area contributed by atoms with Crippen LogP contribution >= 0.6 is 0 Å². The van der Waals surface area contributed by atoms with Gasteiger partial charge in [-0.15, -0.1) is 0 Å². The van der Waals surface area contributed by atoms with Gasteiger partial charge in [0.25, 0.3) is 0 Å². The van der Waals surface area contributed by atoms with Crippen LogP contribution in [-0.2, 0) is 4.79 Å². The van der Waals surface area contributed by atoms with E-state index in [4.69, 9.17) is 0 Å². The first-order valence-electron chi connectivity index (χ1n) is 7.71. The minimum absolute atomic E-state index is 0.0143. The molecule has 0 saturated carbocycles. The number of nitrogens with one attached hydrogen (secondary N) is 2. The number of likely N-dealkylation sites (tertiary alicyclic amines) is 1. The van der Waals surface area contributed by atoms with Crippen molar-refractivity contribution in [3.05, 3.63) is 0 Å². The number of nitrogens with zero attached hydrogens (tertiary/aromatic N) is 1. The summed E-state index contributed by atoms with van der Waals surface area (Å²) < 4.78 is 0. The monoisotopic (exact) mass is 269 g/mol. The van der Waals surface area contributed by atoms with Crippen molar-refractivity contribution in [3.63, 3.8) is 0 Å². The van der Waals surface area contributed by atoms with Crippen molar-refractivity contribution in [2.45, 2.75) is 65.1 Å². The van der Waals surface area contributed by atoms with Crippen LogP contribution in [-0.4, -0.2) is 49.1 Å². The van der Waals surface area contributed by atoms with E-state index < -0.39 is 0 Å². The third kappa shape index (κ3) is 4.77. The Bertz CT molecular complexity index is 283. The molecule has 1 saturated heterocycles. The van der Waals surface area contributed by atoms with Gasteiger partial charge in [-0.05, 0) is 39.7 Å². The molecule has 1 heterocycles. The molecular weight excluding hydrogens is 238 g/mol. The highest BCUT2D eigenvalue weighted by Crippen LogP contribution is 2.18. The molecule has 4 unspecified atom stereocenters. The van der Waals surface area contributed by atoms with Crippen LogP contribution in [0.3, 0.4) is 0 Å². The molecule has 0 aromatic carbocycles. The normalized spacial score (nSPS) is 27.8. The van der Waals surface area contributed by atoms with E-state index in [0.717, 1.165) is 32.4 Å². The summed E-state index contributed by atoms with van der Waals surface area (Å²) in [5.74, 6) is 0.776. The van der Waals surface area contributed by atoms with Crippen molar-refractivity contribution in [2.75, 3.05) is 20.1 Å². The smallest absolute Gasteiger partial charge is 0.237 e. The lowest BCUT2D eigenvalue weighted by Crippen LogP contribution is -2.54. The van der Waals surface area contributed by atoms with E-state index >= 15 is 0 Å². The standard InChI is InChI=1S/C15H31N3O/c1-6-7-12(3)17-15(19)13(4)18-9-8-14(16-5)11(2)10-18/h11-14,16H,6-10H2,1-5H3,(H,17,19). The lowest BCUT2D eigenvalue weighted by Gasteiger charge is -2.39. The molecule has 1 aliphatic rings. The van der Waals surface area contributed by atoms with Gasteiger partial charge in [-0.25, -0.2) is 0 Å². The summed E-state index contributed by atoms with van der Waals surface area (Å²) >= 11 is 0. The molecular formula is C15H31N3O. The Hall–Kier alpha value is -0.610. The number of piperidine rings is 1. The molecule has 1 fully saturated rings. The number of hydrogen-bond acceptors (Lipinski definition) is 3. The summed E-state index contributed by atoms with van der Waals surface area (Å²) in [5.41, 5.74) is 0. The molecule has 0 aromatic heterocycles. The highest BCUT2D eigenvalue weighted by atomic mass is 16.2. The van der Waals surface area contributed by atoms with Crippen molar-refractivity contribution in [3.8, 4) is 0 Å². The van der Waals surface area contributed by atoms with E-state index in [1.54, 1.807) is 0 Å². The highest BCUT2D eigenvalue weighted by molar-refractivity contribution is 5.81. The van der Waals surface area contributed by atoms with E-state index in [2.05, 4.69) is 36.3 Å². The summed E-state index contributed by atoms with van der Waals surface area (Å²) in [4.78, 5) is 14.5. The SMILES string of the molecule is CCCC(C)NC(=O)C(C)N1CCC(NC)C(C)C1. The Morgan fingerprint density at radius 1 is 1.42 bits per heavy atom. The molecule has 1 amide bonds. The van der Waals surface area contributed by atoms with Crippen LogP contribution in [0.4, 0.5) is 0 Å². The van der Waals surface area contributed by atoms with Crippen LogP contribution in [0.1, 0.15) is 47.0 Å². The van der Waals surface area contributed by atoms with Gasteiger partial charge in [0, 0.05) is 25.2 Å². The number of carbonyl (C=O) groups is 1. The van der Waals surface area contributed by atoms with E-state index in [0.29, 0.717) is 12.0 Å². The van der Waals surface area contributed by atoms with Crippen LogP contribution in [0.25, 0.3) is 0 Å². The lowest BCUT2D eigenvalue weighted by atomic mass is 9.93. The van der Waals surface area contributed by atoms with Crippen LogP contribution in [0.2, 0.25) is 0 Å². The Morgan fingerprint density at radius 2 is 2.11 bits per heavy atom. The molecule has 0 bridgehead atoms. The fourth-order valence-corrected chi connectivity index (χ4v) is 2.99. The highest BCUT2D eigenvalue weighted by Gasteiger charge is 2.30. The lowest BCUT2D eigenvalue weighted by molar-refractivity contribution is -0.127. The molecule has 2 N–H and O–H groups in total. The van der Waals surface area contributed by atoms with Crippen molar-refractivity contribution >= 4 is 5.91 Å². The van der Waals surface area contributed by atoms with Gasteiger partial charge in [0.15, 0.2) is 0 Å². The molecule has 0 spiro atoms. The fourth-order valence-electron chi connectivity index (χ4n) is 2.99. The number of hydrogen-bond donors (Lipinski definition) is 2. The van der Waals surface area contributed by atoms with Crippen molar-refractivity contribution in [2.24, 2.45) is 5.92 Å². The molecule has 4 heteroatoms. The minimum Gasteiger partial charge on any atom is -0.352 e. The molecule has 19 heavy (non-hydrogen) atoms. The Balaban J connectivity index is 2.45. The Morgan fingerprint density at radius 3 is 2.63 bits per heavy atom. The van der Waals surface area contributed by atoms with Crippen LogP contribution in [0, 0.1) is 5.92 Å². The quantitative estimate of drug-likeness (QED) is 0.770. The average Bonchev–Trinajstić information content (AvgIpc) is 2.37. The zero-order valence-electron chi connectivity index (χ0n) is 13.2. The Kier molecular flexibility index (Phi) is 6.80. The van der Waals surface area contributed by atoms with Crippen LogP contribution in [0.15, 0.2) is 0 Å². The summed E-state index contributed by atoms with van der Waals surface area (Å²) in [7, 11) is 2.03. The van der Waals surface area contributed by atoms with E-state index in [1.807, 2.05) is 14.0 Å². The fraction of sp³-hybridized carbons (Fsp3) is 0.933. The first-order valence-corrected chi connectivity index (χ1v) is 7.71. The summed E-state index contributed by atoms with van der Waals surface area (Å²) in [5, 5.41) is 6.49. The second-order valence-electron chi connectivity index (χ2n) is 6.03. The van der Waals surface area contributed by atoms with Gasteiger partial charge in [-0.2, -0.15) is 0 Å². The molecule has 112 valence electrons. The van der Waals surface area contributed by atoms with Crippen molar-refractivity contribution in [1.29, 1.82) is 0 Å². The molecule has 4 atom stereocenters. The zero-order chi connectivity index (χ0) is 14.4. The predicted octanol–water partition coefficient (Wildman–Crippen LogP) is 1.61. The summed E-state index contributed by atoms with van der Waals surface area (Å²) in [6.07, 6.45) is 3.29. The molecule has 0 aliphatic carbocycles. The largest absolute Gasteiger partial charge is 0.352 e. The minimum atomic E-state index is -0.0143. The molecule has 0 radical (unpaired) electrons. The number of amides is 1. The second kappa shape index (κ2) is 7.85.